The van der Waals surface area contributed by atoms with E-state index in [-0.39, 0.29) is 18.6 Å². The van der Waals surface area contributed by atoms with Crippen LogP contribution in [0.1, 0.15) is 49.0 Å². The lowest BCUT2D eigenvalue weighted by Gasteiger charge is -2.37. The molecule has 2 heterocycles. The quantitative estimate of drug-likeness (QED) is 0.673. The molecule has 1 aliphatic carbocycles. The number of carbonyl (C=O) groups is 1. The number of allylic oxidation sites excluding steroid dienone is 3. The number of nitrogens with one attached hydrogen (secondary N) is 1. The molecule has 5 nitrogen and oxygen atoms in total. The minimum Gasteiger partial charge on any atom is -0.489 e. The summed E-state index contributed by atoms with van der Waals surface area (Å²) in [5.74, 6) is 1.29. The molecule has 1 aromatic heterocycles. The molecule has 31 heavy (non-hydrogen) atoms. The second-order valence-corrected chi connectivity index (χ2v) is 8.66. The third-order valence-electron chi connectivity index (χ3n) is 5.78. The smallest absolute Gasteiger partial charge is 0.268 e. The van der Waals surface area contributed by atoms with Gasteiger partial charge in [0.1, 0.15) is 12.4 Å². The molecule has 6 heteroatoms. The highest BCUT2D eigenvalue weighted by molar-refractivity contribution is 6.30. The zero-order valence-electron chi connectivity index (χ0n) is 17.9. The van der Waals surface area contributed by atoms with Gasteiger partial charge >= 0.3 is 0 Å². The fraction of sp³-hybridized carbons (Fsp3) is 0.360. The van der Waals surface area contributed by atoms with E-state index in [9.17, 15) is 4.79 Å². The van der Waals surface area contributed by atoms with Crippen LogP contribution in [0.25, 0.3) is 0 Å². The van der Waals surface area contributed by atoms with Crippen molar-refractivity contribution in [1.29, 1.82) is 0 Å². The number of benzene rings is 1. The first-order valence-electron chi connectivity index (χ1n) is 10.6. The molecule has 0 saturated heterocycles. The van der Waals surface area contributed by atoms with Gasteiger partial charge in [-0.15, -0.1) is 0 Å². The molecule has 1 aliphatic heterocycles. The molecule has 0 radical (unpaired) electrons. The minimum absolute atomic E-state index is 0.192. The molecule has 2 atom stereocenters. The van der Waals surface area contributed by atoms with E-state index in [0.29, 0.717) is 10.8 Å². The summed E-state index contributed by atoms with van der Waals surface area (Å²) in [4.78, 5) is 17.8. The molecular weight excluding hydrogens is 412 g/mol. The molecule has 2 unspecified atom stereocenters. The first kappa shape index (κ1) is 21.4. The van der Waals surface area contributed by atoms with E-state index in [4.69, 9.17) is 21.1 Å². The maximum atomic E-state index is 13.3. The number of pyridine rings is 1. The molecule has 0 fully saturated rings. The Labute approximate surface area is 188 Å². The molecule has 162 valence electrons. The van der Waals surface area contributed by atoms with Crippen molar-refractivity contribution >= 4 is 17.5 Å². The Balaban J connectivity index is 1.52. The average Bonchev–Trinajstić information content (AvgIpc) is 2.78. The molecule has 1 amide bonds. The van der Waals surface area contributed by atoms with E-state index >= 15 is 0 Å². The minimum atomic E-state index is -1.09. The van der Waals surface area contributed by atoms with Crippen molar-refractivity contribution in [1.82, 2.24) is 10.3 Å². The van der Waals surface area contributed by atoms with Gasteiger partial charge in [-0.2, -0.15) is 0 Å². The van der Waals surface area contributed by atoms with Gasteiger partial charge in [0.2, 0.25) is 5.60 Å². The number of aromatic nitrogens is 1. The zero-order valence-corrected chi connectivity index (χ0v) is 18.6. The SMILES string of the molecule is Cc1ncccc1C(CCc1ccc(Cl)cc1)NC(=O)C1(C)COC2=C(C=CCC2)O1. The third kappa shape index (κ3) is 4.93. The number of rotatable bonds is 6. The van der Waals surface area contributed by atoms with Crippen LogP contribution in [0.15, 0.2) is 66.3 Å². The normalized spacial score (nSPS) is 21.0. The van der Waals surface area contributed by atoms with Crippen LogP contribution in [0.5, 0.6) is 0 Å². The van der Waals surface area contributed by atoms with E-state index in [2.05, 4.69) is 10.3 Å². The number of halogens is 1. The molecule has 0 bridgehead atoms. The van der Waals surface area contributed by atoms with Crippen molar-refractivity contribution in [2.24, 2.45) is 0 Å². The van der Waals surface area contributed by atoms with Gasteiger partial charge in [0.15, 0.2) is 5.76 Å². The van der Waals surface area contributed by atoms with E-state index in [0.717, 1.165) is 48.3 Å². The zero-order chi connectivity index (χ0) is 21.8. The summed E-state index contributed by atoms with van der Waals surface area (Å²) in [6.07, 6.45) is 8.96. The fourth-order valence-corrected chi connectivity index (χ4v) is 4.03. The Kier molecular flexibility index (Phi) is 6.33. The van der Waals surface area contributed by atoms with Crippen LogP contribution in [0.3, 0.4) is 0 Å². The second kappa shape index (κ2) is 9.15. The fourth-order valence-electron chi connectivity index (χ4n) is 3.91. The predicted octanol–water partition coefficient (Wildman–Crippen LogP) is 5.20. The van der Waals surface area contributed by atoms with Gasteiger partial charge in [-0.05, 0) is 68.5 Å². The lowest BCUT2D eigenvalue weighted by molar-refractivity contribution is -0.151. The average molecular weight is 439 g/mol. The number of amides is 1. The van der Waals surface area contributed by atoms with Crippen LogP contribution in [0.4, 0.5) is 0 Å². The van der Waals surface area contributed by atoms with E-state index in [1.165, 1.54) is 0 Å². The summed E-state index contributed by atoms with van der Waals surface area (Å²) < 4.78 is 12.0. The highest BCUT2D eigenvalue weighted by Crippen LogP contribution is 2.32. The van der Waals surface area contributed by atoms with Crippen molar-refractivity contribution in [2.45, 2.75) is 51.2 Å². The molecule has 0 spiro atoms. The number of aryl methyl sites for hydroxylation is 2. The van der Waals surface area contributed by atoms with Gasteiger partial charge in [0.25, 0.3) is 5.91 Å². The number of nitrogens with zero attached hydrogens (tertiary/aromatic N) is 1. The summed E-state index contributed by atoms with van der Waals surface area (Å²) >= 11 is 6.01. The Morgan fingerprint density at radius 1 is 1.29 bits per heavy atom. The summed E-state index contributed by atoms with van der Waals surface area (Å²) in [6, 6.07) is 11.5. The highest BCUT2D eigenvalue weighted by Gasteiger charge is 2.42. The summed E-state index contributed by atoms with van der Waals surface area (Å²) in [6.45, 7) is 3.94. The molecular formula is C25H27ClN2O3. The first-order chi connectivity index (χ1) is 14.9. The molecule has 1 aromatic carbocycles. The summed E-state index contributed by atoms with van der Waals surface area (Å²) in [5.41, 5.74) is 1.98. The maximum absolute atomic E-state index is 13.3. The predicted molar refractivity (Wildman–Crippen MR) is 120 cm³/mol. The number of carbonyl (C=O) groups excluding carboxylic acids is 1. The van der Waals surface area contributed by atoms with Crippen LogP contribution in [0, 0.1) is 6.92 Å². The van der Waals surface area contributed by atoms with Crippen molar-refractivity contribution < 1.29 is 14.3 Å². The first-order valence-corrected chi connectivity index (χ1v) is 11.0. The largest absolute Gasteiger partial charge is 0.489 e. The van der Waals surface area contributed by atoms with Gasteiger partial charge in [-0.1, -0.05) is 35.9 Å². The topological polar surface area (TPSA) is 60.5 Å². The van der Waals surface area contributed by atoms with Crippen molar-refractivity contribution in [3.63, 3.8) is 0 Å². The molecule has 0 saturated carbocycles. The van der Waals surface area contributed by atoms with Crippen molar-refractivity contribution in [3.8, 4) is 0 Å². The Morgan fingerprint density at radius 3 is 2.87 bits per heavy atom. The van der Waals surface area contributed by atoms with Gasteiger partial charge in [-0.25, -0.2) is 0 Å². The summed E-state index contributed by atoms with van der Waals surface area (Å²) in [5, 5.41) is 3.92. The Bertz CT molecular complexity index is 1020. The molecule has 2 aromatic rings. The lowest BCUT2D eigenvalue weighted by atomic mass is 9.96. The van der Waals surface area contributed by atoms with Gasteiger partial charge in [0.05, 0.1) is 6.04 Å². The molecule has 2 aliphatic rings. The van der Waals surface area contributed by atoms with Crippen LogP contribution >= 0.6 is 11.6 Å². The molecule has 4 rings (SSSR count). The molecule has 1 N–H and O–H groups in total. The van der Waals surface area contributed by atoms with Crippen LogP contribution in [-0.4, -0.2) is 23.1 Å². The van der Waals surface area contributed by atoms with Gasteiger partial charge in [-0.3, -0.25) is 9.78 Å². The van der Waals surface area contributed by atoms with Crippen LogP contribution in [-0.2, 0) is 20.7 Å². The lowest BCUT2D eigenvalue weighted by Crippen LogP contribution is -2.52. The standard InChI is InChI=1S/C25H27ClN2O3/c1-17-20(6-5-15-27-17)21(14-11-18-9-12-19(26)13-10-18)28-24(29)25(2)16-30-22-7-3-4-8-23(22)31-25/h4-6,8-10,12-13,15,21H,3,7,11,14,16H2,1-2H3,(H,28,29). The Morgan fingerprint density at radius 2 is 2.10 bits per heavy atom. The number of hydrogen-bond acceptors (Lipinski definition) is 4. The van der Waals surface area contributed by atoms with Gasteiger partial charge in [0, 0.05) is 23.3 Å². The van der Waals surface area contributed by atoms with Gasteiger partial charge < -0.3 is 14.8 Å². The van der Waals surface area contributed by atoms with E-state index < -0.39 is 5.60 Å². The number of ether oxygens (including phenoxy) is 2. The maximum Gasteiger partial charge on any atom is 0.268 e. The second-order valence-electron chi connectivity index (χ2n) is 8.22. The highest BCUT2D eigenvalue weighted by atomic mass is 35.5. The number of hydrogen-bond donors (Lipinski definition) is 1. The van der Waals surface area contributed by atoms with Crippen molar-refractivity contribution in [2.75, 3.05) is 6.61 Å². The monoisotopic (exact) mass is 438 g/mol. The van der Waals surface area contributed by atoms with Crippen LogP contribution in [0.2, 0.25) is 5.02 Å². The van der Waals surface area contributed by atoms with E-state index in [1.54, 1.807) is 13.1 Å². The van der Waals surface area contributed by atoms with Crippen molar-refractivity contribution in [3.05, 3.63) is 88.1 Å². The van der Waals surface area contributed by atoms with Crippen LogP contribution < -0.4 is 5.32 Å². The van der Waals surface area contributed by atoms with E-state index in [1.807, 2.05) is 55.5 Å². The Hall–Kier alpha value is -2.79. The summed E-state index contributed by atoms with van der Waals surface area (Å²) in [7, 11) is 0. The third-order valence-corrected chi connectivity index (χ3v) is 6.03.